The van der Waals surface area contributed by atoms with E-state index in [4.69, 9.17) is 0 Å². The van der Waals surface area contributed by atoms with Crippen LogP contribution in [0, 0.1) is 6.92 Å². The molecule has 3 nitrogen and oxygen atoms in total. The fourth-order valence-corrected chi connectivity index (χ4v) is 4.15. The number of benzene rings is 1. The van der Waals surface area contributed by atoms with Crippen LogP contribution in [-0.2, 0) is 6.54 Å². The Morgan fingerprint density at radius 2 is 2.00 bits per heavy atom. The van der Waals surface area contributed by atoms with Gasteiger partial charge in [0.25, 0.3) is 0 Å². The Kier molecular flexibility index (Phi) is 4.34. The average molecular weight is 339 g/mol. The lowest BCUT2D eigenvalue weighted by Crippen LogP contribution is -2.35. The van der Waals surface area contributed by atoms with Gasteiger partial charge >= 0.3 is 0 Å². The molecule has 20 heavy (non-hydrogen) atoms. The number of likely N-dealkylation sites (tertiary alicyclic amines) is 2. The van der Waals surface area contributed by atoms with E-state index in [0.29, 0.717) is 5.75 Å². The van der Waals surface area contributed by atoms with Gasteiger partial charge in [-0.2, -0.15) is 0 Å². The van der Waals surface area contributed by atoms with Crippen LogP contribution in [0.2, 0.25) is 0 Å². The zero-order valence-electron chi connectivity index (χ0n) is 12.1. The summed E-state index contributed by atoms with van der Waals surface area (Å²) in [5, 5.41) is 10.2. The highest BCUT2D eigenvalue weighted by atomic mass is 79.9. The number of phenolic OH excluding ortho intramolecular Hbond substituents is 1. The van der Waals surface area contributed by atoms with Crippen molar-refractivity contribution < 1.29 is 5.11 Å². The molecule has 0 aromatic heterocycles. The topological polar surface area (TPSA) is 26.7 Å². The Balaban J connectivity index is 1.64. The summed E-state index contributed by atoms with van der Waals surface area (Å²) in [6, 6.07) is 4.74. The second kappa shape index (κ2) is 6.04. The monoisotopic (exact) mass is 338 g/mol. The quantitative estimate of drug-likeness (QED) is 0.917. The van der Waals surface area contributed by atoms with Gasteiger partial charge in [-0.05, 0) is 57.0 Å². The highest BCUT2D eigenvalue weighted by Crippen LogP contribution is 2.29. The number of hydrogen-bond donors (Lipinski definition) is 1. The molecule has 2 heterocycles. The molecule has 4 heteroatoms. The predicted molar refractivity (Wildman–Crippen MR) is 85.0 cm³/mol. The van der Waals surface area contributed by atoms with E-state index in [1.165, 1.54) is 32.4 Å². The van der Waals surface area contributed by atoms with Gasteiger partial charge in [0.15, 0.2) is 0 Å². The molecular formula is C16H23BrN2O. The van der Waals surface area contributed by atoms with Crippen molar-refractivity contribution in [3.05, 3.63) is 27.7 Å². The van der Waals surface area contributed by atoms with Crippen LogP contribution in [0.25, 0.3) is 0 Å². The van der Waals surface area contributed by atoms with E-state index in [9.17, 15) is 5.11 Å². The van der Waals surface area contributed by atoms with Crippen LogP contribution in [0.1, 0.15) is 30.4 Å². The van der Waals surface area contributed by atoms with Crippen LogP contribution in [0.4, 0.5) is 0 Å². The molecule has 0 radical (unpaired) electrons. The SMILES string of the molecule is Cc1cc(Br)cc(CN2CCC(N3CCCC3)C2)c1O. The smallest absolute Gasteiger partial charge is 0.123 e. The second-order valence-electron chi connectivity index (χ2n) is 6.15. The van der Waals surface area contributed by atoms with E-state index in [-0.39, 0.29) is 0 Å². The lowest BCUT2D eigenvalue weighted by atomic mass is 10.1. The zero-order valence-corrected chi connectivity index (χ0v) is 13.7. The first-order valence-electron chi connectivity index (χ1n) is 7.58. The number of aromatic hydroxyl groups is 1. The highest BCUT2D eigenvalue weighted by molar-refractivity contribution is 9.10. The van der Waals surface area contributed by atoms with E-state index in [2.05, 4.69) is 25.7 Å². The molecule has 0 saturated carbocycles. The van der Waals surface area contributed by atoms with Gasteiger partial charge in [-0.25, -0.2) is 0 Å². The minimum absolute atomic E-state index is 0.456. The lowest BCUT2D eigenvalue weighted by Gasteiger charge is -2.24. The molecule has 1 N–H and O–H groups in total. The van der Waals surface area contributed by atoms with Gasteiger partial charge in [-0.1, -0.05) is 15.9 Å². The third-order valence-electron chi connectivity index (χ3n) is 4.64. The summed E-state index contributed by atoms with van der Waals surface area (Å²) in [6.07, 6.45) is 4.00. The highest BCUT2D eigenvalue weighted by Gasteiger charge is 2.29. The lowest BCUT2D eigenvalue weighted by molar-refractivity contribution is 0.229. The van der Waals surface area contributed by atoms with Gasteiger partial charge in [0.05, 0.1) is 0 Å². The maximum absolute atomic E-state index is 10.2. The Morgan fingerprint density at radius 3 is 2.75 bits per heavy atom. The van der Waals surface area contributed by atoms with Gasteiger partial charge in [0.1, 0.15) is 5.75 Å². The van der Waals surface area contributed by atoms with E-state index in [0.717, 1.165) is 41.3 Å². The van der Waals surface area contributed by atoms with Crippen molar-refractivity contribution in [2.24, 2.45) is 0 Å². The van der Waals surface area contributed by atoms with Crippen molar-refractivity contribution in [2.75, 3.05) is 26.2 Å². The van der Waals surface area contributed by atoms with Gasteiger partial charge < -0.3 is 5.11 Å². The third kappa shape index (κ3) is 3.02. The van der Waals surface area contributed by atoms with Crippen LogP contribution in [0.5, 0.6) is 5.75 Å². The average Bonchev–Trinajstić information content (AvgIpc) is 3.05. The second-order valence-corrected chi connectivity index (χ2v) is 7.07. The van der Waals surface area contributed by atoms with Crippen molar-refractivity contribution in [3.63, 3.8) is 0 Å². The maximum atomic E-state index is 10.2. The summed E-state index contributed by atoms with van der Waals surface area (Å²) in [5.74, 6) is 0.456. The third-order valence-corrected chi connectivity index (χ3v) is 5.10. The first-order valence-corrected chi connectivity index (χ1v) is 8.37. The fraction of sp³-hybridized carbons (Fsp3) is 0.625. The van der Waals surface area contributed by atoms with Crippen LogP contribution in [-0.4, -0.2) is 47.1 Å². The normalized spacial score (nSPS) is 24.6. The fourth-order valence-electron chi connectivity index (χ4n) is 3.53. The summed E-state index contributed by atoms with van der Waals surface area (Å²) in [4.78, 5) is 5.12. The Morgan fingerprint density at radius 1 is 1.25 bits per heavy atom. The van der Waals surface area contributed by atoms with E-state index in [1.807, 2.05) is 19.1 Å². The molecule has 1 unspecified atom stereocenters. The molecule has 0 aliphatic carbocycles. The molecule has 1 aromatic carbocycles. The Labute approximate surface area is 129 Å². The molecule has 2 fully saturated rings. The number of aryl methyl sites for hydroxylation is 1. The van der Waals surface area contributed by atoms with Gasteiger partial charge in [0.2, 0.25) is 0 Å². The summed E-state index contributed by atoms with van der Waals surface area (Å²) < 4.78 is 1.05. The summed E-state index contributed by atoms with van der Waals surface area (Å²) >= 11 is 3.52. The van der Waals surface area contributed by atoms with Crippen molar-refractivity contribution >= 4 is 15.9 Å². The van der Waals surface area contributed by atoms with E-state index in [1.54, 1.807) is 0 Å². The molecule has 2 aliphatic heterocycles. The molecular weight excluding hydrogens is 316 g/mol. The first-order chi connectivity index (χ1) is 9.63. The maximum Gasteiger partial charge on any atom is 0.123 e. The number of halogens is 1. The largest absolute Gasteiger partial charge is 0.507 e. The molecule has 2 aliphatic rings. The van der Waals surface area contributed by atoms with E-state index < -0.39 is 0 Å². The van der Waals surface area contributed by atoms with Crippen LogP contribution < -0.4 is 0 Å². The summed E-state index contributed by atoms with van der Waals surface area (Å²) in [6.45, 7) is 7.66. The number of nitrogens with zero attached hydrogens (tertiary/aromatic N) is 2. The zero-order chi connectivity index (χ0) is 14.1. The molecule has 110 valence electrons. The van der Waals surface area contributed by atoms with Gasteiger partial charge in [0, 0.05) is 35.7 Å². The Hall–Kier alpha value is -0.580. The minimum atomic E-state index is 0.456. The minimum Gasteiger partial charge on any atom is -0.507 e. The van der Waals surface area contributed by atoms with Gasteiger partial charge in [-0.3, -0.25) is 9.80 Å². The number of phenols is 1. The van der Waals surface area contributed by atoms with E-state index >= 15 is 0 Å². The molecule has 0 amide bonds. The molecule has 2 saturated heterocycles. The predicted octanol–water partition coefficient (Wildman–Crippen LogP) is 3.13. The molecule has 3 rings (SSSR count). The van der Waals surface area contributed by atoms with Crippen LogP contribution in [0.3, 0.4) is 0 Å². The van der Waals surface area contributed by atoms with Gasteiger partial charge in [-0.15, -0.1) is 0 Å². The molecule has 0 bridgehead atoms. The summed E-state index contributed by atoms with van der Waals surface area (Å²) in [7, 11) is 0. The van der Waals surface area contributed by atoms with Crippen molar-refractivity contribution in [1.29, 1.82) is 0 Å². The van der Waals surface area contributed by atoms with Crippen molar-refractivity contribution in [1.82, 2.24) is 9.80 Å². The van der Waals surface area contributed by atoms with Crippen molar-refractivity contribution in [3.8, 4) is 5.75 Å². The number of hydrogen-bond acceptors (Lipinski definition) is 3. The van der Waals surface area contributed by atoms with Crippen LogP contribution in [0.15, 0.2) is 16.6 Å². The first kappa shape index (κ1) is 14.4. The Bertz CT molecular complexity index is 486. The molecule has 1 atom stereocenters. The molecule has 0 spiro atoms. The standard InChI is InChI=1S/C16H23BrN2O/c1-12-8-14(17)9-13(16(12)20)10-18-7-4-15(11-18)19-5-2-3-6-19/h8-9,15,20H,2-7,10-11H2,1H3. The number of rotatable bonds is 3. The summed E-state index contributed by atoms with van der Waals surface area (Å²) in [5.41, 5.74) is 1.99. The van der Waals surface area contributed by atoms with Crippen molar-refractivity contribution in [2.45, 2.75) is 38.8 Å². The van der Waals surface area contributed by atoms with Crippen LogP contribution >= 0.6 is 15.9 Å². The molecule has 1 aromatic rings.